The lowest BCUT2D eigenvalue weighted by atomic mass is 10.0. The molecule has 0 amide bonds. The second-order valence-corrected chi connectivity index (χ2v) is 13.8. The molecule has 0 aliphatic carbocycles. The summed E-state index contributed by atoms with van der Waals surface area (Å²) in [5, 5.41) is 0. The topological polar surface area (TPSA) is 80.3 Å². The fourth-order valence-electron chi connectivity index (χ4n) is 5.58. The highest BCUT2D eigenvalue weighted by atomic mass is 32.3. The molecule has 0 unspecified atom stereocenters. The first kappa shape index (κ1) is 42.0. The Morgan fingerprint density at radius 2 is 0.525 bits per heavy atom. The molecule has 0 bridgehead atoms. The summed E-state index contributed by atoms with van der Waals surface area (Å²) in [5.74, 6) is 0. The highest BCUT2D eigenvalue weighted by molar-refractivity contribution is 7.79. The fourth-order valence-corrected chi connectivity index (χ4v) is 5.58. The van der Waals surface area contributed by atoms with E-state index in [2.05, 4.69) is 27.9 Å². The van der Waals surface area contributed by atoms with Gasteiger partial charge in [-0.3, -0.25) is 8.42 Å². The smallest absolute Gasteiger partial charge is 0.0782 e. The van der Waals surface area contributed by atoms with Crippen LogP contribution < -0.4 is 0 Å². The average molecular weight is 591 g/mol. The monoisotopic (exact) mass is 591 g/mol. The summed E-state index contributed by atoms with van der Waals surface area (Å²) in [7, 11) is -0.241. The lowest BCUT2D eigenvalue weighted by Gasteiger charge is -2.30. The molecule has 0 rings (SSSR count). The molecule has 6 heteroatoms. The van der Waals surface area contributed by atoms with Gasteiger partial charge in [0.15, 0.2) is 0 Å². The van der Waals surface area contributed by atoms with Gasteiger partial charge in [-0.1, -0.05) is 168 Å². The molecule has 244 valence electrons. The third-order valence-corrected chi connectivity index (χ3v) is 8.23. The molecule has 0 N–H and O–H groups in total. The lowest BCUT2D eigenvalue weighted by Crippen LogP contribution is -2.41. The van der Waals surface area contributed by atoms with Gasteiger partial charge in [-0.25, -0.2) is 0 Å². The van der Waals surface area contributed by atoms with Crippen LogP contribution in [0.1, 0.15) is 194 Å². The summed E-state index contributed by atoms with van der Waals surface area (Å²) in [6, 6.07) is 0. The van der Waals surface area contributed by atoms with Gasteiger partial charge in [0.1, 0.15) is 0 Å². The van der Waals surface area contributed by atoms with E-state index >= 15 is 0 Å². The number of unbranched alkanes of at least 4 members (excludes halogenated alkanes) is 26. The summed E-state index contributed by atoms with van der Waals surface area (Å²) >= 11 is 0. The largest absolute Gasteiger partial charge is 0.759 e. The quantitative estimate of drug-likeness (QED) is 0.0360. The molecule has 0 saturated carbocycles. The van der Waals surface area contributed by atoms with Crippen LogP contribution in [0.2, 0.25) is 0 Å². The zero-order chi connectivity index (χ0) is 30.2. The minimum atomic E-state index is -5.17. The molecule has 0 aromatic heterocycles. The zero-order valence-electron chi connectivity index (χ0n) is 27.7. The molecule has 0 aromatic rings. The summed E-state index contributed by atoms with van der Waals surface area (Å²) in [5.41, 5.74) is 0. The van der Waals surface area contributed by atoms with E-state index < -0.39 is 10.4 Å². The first-order chi connectivity index (χ1) is 19.1. The molecule has 0 fully saturated rings. The van der Waals surface area contributed by atoms with Crippen molar-refractivity contribution in [2.24, 2.45) is 0 Å². The van der Waals surface area contributed by atoms with Crippen LogP contribution >= 0.6 is 0 Å². The van der Waals surface area contributed by atoms with Crippen LogP contribution in [0.25, 0.3) is 0 Å². The minimum Gasteiger partial charge on any atom is -0.759 e. The summed E-state index contributed by atoms with van der Waals surface area (Å²) in [6.07, 6.45) is 40.9. The molecule has 0 saturated heterocycles. The van der Waals surface area contributed by atoms with Gasteiger partial charge in [0.25, 0.3) is 0 Å². The van der Waals surface area contributed by atoms with E-state index in [0.29, 0.717) is 0 Å². The first-order valence-electron chi connectivity index (χ1n) is 17.6. The molecular weight excluding hydrogens is 518 g/mol. The highest BCUT2D eigenvalue weighted by Crippen LogP contribution is 2.15. The van der Waals surface area contributed by atoms with Gasteiger partial charge >= 0.3 is 0 Å². The average Bonchev–Trinajstić information content (AvgIpc) is 2.88. The highest BCUT2D eigenvalue weighted by Gasteiger charge is 2.13. The van der Waals surface area contributed by atoms with E-state index in [0.717, 1.165) is 0 Å². The summed E-state index contributed by atoms with van der Waals surface area (Å²) in [4.78, 5) is 0. The third kappa shape index (κ3) is 44.8. The van der Waals surface area contributed by atoms with Gasteiger partial charge < -0.3 is 13.6 Å². The molecule has 0 atom stereocenters. The number of hydrogen-bond donors (Lipinski definition) is 0. The minimum absolute atomic E-state index is 1.25. The summed E-state index contributed by atoms with van der Waals surface area (Å²) in [6.45, 7) is 7.38. The van der Waals surface area contributed by atoms with Crippen LogP contribution in [-0.2, 0) is 10.4 Å². The van der Waals surface area contributed by atoms with Crippen molar-refractivity contribution < 1.29 is 22.0 Å². The van der Waals surface area contributed by atoms with Crippen LogP contribution in [0.4, 0.5) is 0 Å². The van der Waals surface area contributed by atoms with Crippen molar-refractivity contribution in [1.29, 1.82) is 0 Å². The second kappa shape index (κ2) is 31.8. The van der Waals surface area contributed by atoms with Gasteiger partial charge in [0, 0.05) is 10.4 Å². The molecule has 0 spiro atoms. The van der Waals surface area contributed by atoms with Gasteiger partial charge in [-0.05, 0) is 25.7 Å². The molecule has 40 heavy (non-hydrogen) atoms. The van der Waals surface area contributed by atoms with Crippen molar-refractivity contribution in [2.75, 3.05) is 27.2 Å². The van der Waals surface area contributed by atoms with Gasteiger partial charge in [-0.15, -0.1) is 0 Å². The van der Waals surface area contributed by atoms with Crippen LogP contribution in [0.3, 0.4) is 0 Å². The Labute approximate surface area is 252 Å². The molecule has 0 aromatic carbocycles. The van der Waals surface area contributed by atoms with E-state index in [1.165, 1.54) is 197 Å². The van der Waals surface area contributed by atoms with E-state index in [9.17, 15) is 0 Å². The fraction of sp³-hybridized carbons (Fsp3) is 1.00. The molecule has 5 nitrogen and oxygen atoms in total. The van der Waals surface area contributed by atoms with Crippen molar-refractivity contribution in [3.63, 3.8) is 0 Å². The Morgan fingerprint density at radius 1 is 0.375 bits per heavy atom. The van der Waals surface area contributed by atoms with Crippen molar-refractivity contribution in [2.45, 2.75) is 194 Å². The maximum atomic E-state index is 8.52. The second-order valence-electron chi connectivity index (χ2n) is 13.0. The number of rotatable bonds is 30. The van der Waals surface area contributed by atoms with E-state index in [4.69, 9.17) is 17.5 Å². The van der Waals surface area contributed by atoms with Gasteiger partial charge in [0.2, 0.25) is 0 Å². The number of nitrogens with zero attached hydrogens (tertiary/aromatic N) is 1. The zero-order valence-corrected chi connectivity index (χ0v) is 28.5. The Bertz CT molecular complexity index is 538. The maximum Gasteiger partial charge on any atom is 0.0782 e. The first-order valence-corrected chi connectivity index (χ1v) is 18.9. The van der Waals surface area contributed by atoms with E-state index in [-0.39, 0.29) is 0 Å². The number of quaternary nitrogens is 1. The Kier molecular flexibility index (Phi) is 33.3. The SMILES string of the molecule is CCCCCCCCCCCCCCCC[N+](C)(C)CCCCCCCCCCCCCCCC.O=S(=O)([O-])[O-]. The van der Waals surface area contributed by atoms with Gasteiger partial charge in [-0.2, -0.15) is 0 Å². The standard InChI is InChI=1S/C34H72N.H2O4S/c1-5-7-9-11-13-15-17-19-21-23-25-27-29-31-33-35(3,4)34-32-30-28-26-24-22-20-18-16-14-12-10-8-6-2;1-5(2,3)4/h5-34H2,1-4H3;(H2,1,2,3,4)/q+1;/p-2. The molecular formula is C34H72NO4S-. The Hall–Kier alpha value is -0.170. The normalized spacial score (nSPS) is 11.9. The van der Waals surface area contributed by atoms with E-state index in [1.54, 1.807) is 0 Å². The summed E-state index contributed by atoms with van der Waals surface area (Å²) < 4.78 is 35.3. The molecule has 0 radical (unpaired) electrons. The predicted octanol–water partition coefficient (Wildman–Crippen LogP) is 10.7. The van der Waals surface area contributed by atoms with Crippen molar-refractivity contribution >= 4 is 10.4 Å². The third-order valence-electron chi connectivity index (χ3n) is 8.23. The maximum absolute atomic E-state index is 8.52. The molecule has 0 aliphatic heterocycles. The van der Waals surface area contributed by atoms with Gasteiger partial charge in [0.05, 0.1) is 27.2 Å². The van der Waals surface area contributed by atoms with Crippen molar-refractivity contribution in [3.05, 3.63) is 0 Å². The molecule has 0 aliphatic rings. The van der Waals surface area contributed by atoms with Crippen molar-refractivity contribution in [1.82, 2.24) is 0 Å². The Balaban J connectivity index is 0. The predicted molar refractivity (Wildman–Crippen MR) is 173 cm³/mol. The lowest BCUT2D eigenvalue weighted by molar-refractivity contribution is -0.890. The van der Waals surface area contributed by atoms with Crippen LogP contribution in [0.15, 0.2) is 0 Å². The molecule has 0 heterocycles. The van der Waals surface area contributed by atoms with Crippen LogP contribution in [0.5, 0.6) is 0 Å². The number of hydrogen-bond acceptors (Lipinski definition) is 4. The van der Waals surface area contributed by atoms with Crippen LogP contribution in [-0.4, -0.2) is 49.2 Å². The van der Waals surface area contributed by atoms with Crippen molar-refractivity contribution in [3.8, 4) is 0 Å². The van der Waals surface area contributed by atoms with E-state index in [1.807, 2.05) is 0 Å². The Morgan fingerprint density at radius 3 is 0.700 bits per heavy atom. The van der Waals surface area contributed by atoms with Crippen LogP contribution in [0, 0.1) is 0 Å².